The van der Waals surface area contributed by atoms with Gasteiger partial charge in [-0.1, -0.05) is 11.8 Å². The first-order chi connectivity index (χ1) is 6.04. The van der Waals surface area contributed by atoms with Crippen molar-refractivity contribution >= 4 is 16.9 Å². The van der Waals surface area contributed by atoms with E-state index in [-0.39, 0.29) is 5.12 Å². The van der Waals surface area contributed by atoms with Crippen LogP contribution in [0.25, 0.3) is 0 Å². The third-order valence-corrected chi connectivity index (χ3v) is 2.64. The van der Waals surface area contributed by atoms with E-state index < -0.39 is 5.60 Å². The minimum atomic E-state index is -0.673. The maximum absolute atomic E-state index is 11.5. The number of carbonyl (C=O) groups is 1. The third kappa shape index (κ3) is 5.29. The van der Waals surface area contributed by atoms with Crippen LogP contribution >= 0.6 is 11.8 Å². The monoisotopic (exact) mass is 206 g/mol. The lowest BCUT2D eigenvalue weighted by molar-refractivity contribution is -0.130. The number of hydrogen-bond acceptors (Lipinski definition) is 4. The number of methoxy groups -OCH3 is 1. The van der Waals surface area contributed by atoms with Crippen molar-refractivity contribution in [2.24, 2.45) is 0 Å². The highest BCUT2D eigenvalue weighted by atomic mass is 32.2. The first kappa shape index (κ1) is 12.9. The fourth-order valence-electron chi connectivity index (χ4n) is 0.811. The van der Waals surface area contributed by atoms with Crippen LogP contribution < -0.4 is 0 Å². The molecule has 0 N–H and O–H groups in total. The van der Waals surface area contributed by atoms with Crippen LogP contribution in [-0.4, -0.2) is 36.8 Å². The highest BCUT2D eigenvalue weighted by Crippen LogP contribution is 2.18. The molecule has 0 bridgehead atoms. The summed E-state index contributed by atoms with van der Waals surface area (Å²) in [5.74, 6) is 0.686. The van der Waals surface area contributed by atoms with E-state index in [1.54, 1.807) is 21.0 Å². The summed E-state index contributed by atoms with van der Waals surface area (Å²) in [5, 5.41) is 0.0615. The molecule has 0 spiro atoms. The summed E-state index contributed by atoms with van der Waals surface area (Å²) in [7, 11) is 1.62. The molecule has 0 rings (SSSR count). The van der Waals surface area contributed by atoms with Crippen molar-refractivity contribution in [3.05, 3.63) is 0 Å². The summed E-state index contributed by atoms with van der Waals surface area (Å²) in [6.07, 6.45) is 0. The minimum absolute atomic E-state index is 0.0615. The molecule has 0 radical (unpaired) electrons. The molecule has 0 heterocycles. The minimum Gasteiger partial charge on any atom is -0.384 e. The molecule has 0 aromatic rings. The Morgan fingerprint density at radius 3 is 2.54 bits per heavy atom. The Bertz CT molecular complexity index is 157. The molecule has 0 fully saturated rings. The van der Waals surface area contributed by atoms with Crippen LogP contribution in [0.15, 0.2) is 0 Å². The molecule has 0 atom stereocenters. The van der Waals surface area contributed by atoms with Gasteiger partial charge in [0.2, 0.25) is 5.12 Å². The summed E-state index contributed by atoms with van der Waals surface area (Å²) in [5.41, 5.74) is -0.673. The highest BCUT2D eigenvalue weighted by Gasteiger charge is 2.27. The van der Waals surface area contributed by atoms with Crippen LogP contribution in [-0.2, 0) is 14.3 Å². The zero-order valence-electron chi connectivity index (χ0n) is 8.75. The molecule has 0 aliphatic rings. The number of thioether (sulfide) groups is 1. The van der Waals surface area contributed by atoms with Gasteiger partial charge in [-0.15, -0.1) is 0 Å². The van der Waals surface area contributed by atoms with Crippen molar-refractivity contribution in [3.63, 3.8) is 0 Å². The maximum atomic E-state index is 11.5. The van der Waals surface area contributed by atoms with Gasteiger partial charge in [0.05, 0.1) is 6.61 Å². The van der Waals surface area contributed by atoms with E-state index in [0.717, 1.165) is 0 Å². The molecule has 0 aliphatic carbocycles. The molecule has 0 saturated heterocycles. The quantitative estimate of drug-likeness (QED) is 0.620. The number of hydrogen-bond donors (Lipinski definition) is 0. The number of ether oxygens (including phenoxy) is 2. The maximum Gasteiger partial charge on any atom is 0.220 e. The Morgan fingerprint density at radius 2 is 2.08 bits per heavy atom. The lowest BCUT2D eigenvalue weighted by Crippen LogP contribution is -2.33. The van der Waals surface area contributed by atoms with E-state index in [2.05, 4.69) is 0 Å². The molecule has 13 heavy (non-hydrogen) atoms. The van der Waals surface area contributed by atoms with Gasteiger partial charge in [0.15, 0.2) is 0 Å². The molecule has 78 valence electrons. The predicted octanol–water partition coefficient (Wildman–Crippen LogP) is 1.71. The molecule has 0 aliphatic heterocycles. The van der Waals surface area contributed by atoms with E-state index in [9.17, 15) is 4.79 Å². The average molecular weight is 206 g/mol. The molecule has 4 heteroatoms. The van der Waals surface area contributed by atoms with Crippen molar-refractivity contribution in [2.75, 3.05) is 26.1 Å². The average Bonchev–Trinajstić information content (AvgIpc) is 2.04. The van der Waals surface area contributed by atoms with E-state index in [0.29, 0.717) is 19.0 Å². The lowest BCUT2D eigenvalue weighted by Gasteiger charge is -2.21. The van der Waals surface area contributed by atoms with Gasteiger partial charge in [-0.05, 0) is 20.8 Å². The Labute approximate surface area is 84.2 Å². The van der Waals surface area contributed by atoms with Crippen LogP contribution in [0.4, 0.5) is 0 Å². The Hall–Kier alpha value is -0.0600. The topological polar surface area (TPSA) is 35.5 Å². The summed E-state index contributed by atoms with van der Waals surface area (Å²) >= 11 is 1.26. The Morgan fingerprint density at radius 1 is 1.46 bits per heavy atom. The van der Waals surface area contributed by atoms with Gasteiger partial charge in [0, 0.05) is 19.5 Å². The summed E-state index contributed by atoms with van der Waals surface area (Å²) in [6.45, 7) is 6.62. The van der Waals surface area contributed by atoms with Gasteiger partial charge >= 0.3 is 0 Å². The number of rotatable bonds is 6. The zero-order valence-corrected chi connectivity index (χ0v) is 9.57. The van der Waals surface area contributed by atoms with Crippen LogP contribution in [0.2, 0.25) is 0 Å². The van der Waals surface area contributed by atoms with Gasteiger partial charge in [0.25, 0.3) is 0 Å². The van der Waals surface area contributed by atoms with Gasteiger partial charge in [-0.25, -0.2) is 0 Å². The predicted molar refractivity (Wildman–Crippen MR) is 55.0 cm³/mol. The number of carbonyl (C=O) groups excluding carboxylic acids is 1. The molecular formula is C9H18O3S. The second-order valence-electron chi connectivity index (χ2n) is 3.07. The summed E-state index contributed by atoms with van der Waals surface area (Å²) < 4.78 is 10.2. The molecule has 0 unspecified atom stereocenters. The summed E-state index contributed by atoms with van der Waals surface area (Å²) in [6, 6.07) is 0. The summed E-state index contributed by atoms with van der Waals surface area (Å²) in [4.78, 5) is 11.5. The van der Waals surface area contributed by atoms with Crippen LogP contribution in [0.3, 0.4) is 0 Å². The van der Waals surface area contributed by atoms with Crippen LogP contribution in [0.5, 0.6) is 0 Å². The Kier molecular flexibility index (Phi) is 6.37. The molecule has 3 nitrogen and oxygen atoms in total. The SMILES string of the molecule is CCOC(C)(C)C(=O)SCCOC. The van der Waals surface area contributed by atoms with Crippen molar-refractivity contribution < 1.29 is 14.3 Å². The smallest absolute Gasteiger partial charge is 0.220 e. The van der Waals surface area contributed by atoms with E-state index in [1.807, 2.05) is 6.92 Å². The first-order valence-electron chi connectivity index (χ1n) is 4.34. The van der Waals surface area contributed by atoms with Crippen LogP contribution in [0, 0.1) is 0 Å². The second kappa shape index (κ2) is 6.40. The molecule has 0 saturated carbocycles. The van der Waals surface area contributed by atoms with Gasteiger partial charge in [-0.2, -0.15) is 0 Å². The zero-order chi connectivity index (χ0) is 10.3. The molecule has 0 aromatic heterocycles. The fraction of sp³-hybridized carbons (Fsp3) is 0.889. The third-order valence-electron chi connectivity index (χ3n) is 1.52. The van der Waals surface area contributed by atoms with Crippen molar-refractivity contribution in [2.45, 2.75) is 26.4 Å². The van der Waals surface area contributed by atoms with E-state index >= 15 is 0 Å². The molecule has 0 aromatic carbocycles. The molecule has 0 amide bonds. The first-order valence-corrected chi connectivity index (χ1v) is 5.33. The second-order valence-corrected chi connectivity index (χ2v) is 4.14. The van der Waals surface area contributed by atoms with Crippen molar-refractivity contribution in [1.29, 1.82) is 0 Å². The normalized spacial score (nSPS) is 11.7. The fourth-order valence-corrected chi connectivity index (χ4v) is 1.65. The van der Waals surface area contributed by atoms with Gasteiger partial charge < -0.3 is 9.47 Å². The van der Waals surface area contributed by atoms with Crippen molar-refractivity contribution in [3.8, 4) is 0 Å². The highest BCUT2D eigenvalue weighted by molar-refractivity contribution is 8.13. The van der Waals surface area contributed by atoms with Crippen molar-refractivity contribution in [1.82, 2.24) is 0 Å². The van der Waals surface area contributed by atoms with E-state index in [4.69, 9.17) is 9.47 Å². The van der Waals surface area contributed by atoms with Gasteiger partial charge in [-0.3, -0.25) is 4.79 Å². The molecular weight excluding hydrogens is 188 g/mol. The van der Waals surface area contributed by atoms with E-state index in [1.165, 1.54) is 11.8 Å². The van der Waals surface area contributed by atoms with Gasteiger partial charge in [0.1, 0.15) is 5.60 Å². The Balaban J connectivity index is 3.80. The van der Waals surface area contributed by atoms with Crippen LogP contribution in [0.1, 0.15) is 20.8 Å². The lowest BCUT2D eigenvalue weighted by atomic mass is 10.2. The largest absolute Gasteiger partial charge is 0.384 e. The standard InChI is InChI=1S/C9H18O3S/c1-5-12-9(2,3)8(10)13-7-6-11-4/h5-7H2,1-4H3.